The summed E-state index contributed by atoms with van der Waals surface area (Å²) < 4.78 is 5.89. The van der Waals surface area contributed by atoms with Crippen LogP contribution in [0.3, 0.4) is 0 Å². The summed E-state index contributed by atoms with van der Waals surface area (Å²) >= 11 is 0. The Labute approximate surface area is 166 Å². The lowest BCUT2D eigenvalue weighted by atomic mass is 9.97. The van der Waals surface area contributed by atoms with Crippen molar-refractivity contribution >= 4 is 11.7 Å². The number of hydrogen-bond donors (Lipinski definition) is 5. The van der Waals surface area contributed by atoms with Gasteiger partial charge in [-0.25, -0.2) is 4.79 Å². The van der Waals surface area contributed by atoms with E-state index >= 15 is 0 Å². The smallest absolute Gasteiger partial charge is 0.345 e. The molecular formula is C21H23N3O5. The third-order valence-corrected chi connectivity index (χ3v) is 6.47. The molecule has 0 amide bonds. The zero-order chi connectivity index (χ0) is 20.1. The number of benzene rings is 1. The Hall–Kier alpha value is -3.00. The fraction of sp³-hybridized carbons (Fsp3) is 0.429. The molecule has 1 saturated heterocycles. The van der Waals surface area contributed by atoms with Crippen LogP contribution < -0.4 is 20.9 Å². The Kier molecular flexibility index (Phi) is 4.24. The number of anilines is 1. The molecule has 5 rings (SSSR count). The van der Waals surface area contributed by atoms with E-state index in [1.54, 1.807) is 0 Å². The van der Waals surface area contributed by atoms with Crippen molar-refractivity contribution in [1.29, 1.82) is 0 Å². The van der Waals surface area contributed by atoms with Gasteiger partial charge < -0.3 is 30.6 Å². The molecule has 2 fully saturated rings. The molecule has 3 atom stereocenters. The van der Waals surface area contributed by atoms with Crippen LogP contribution in [0.15, 0.2) is 23.0 Å². The molecule has 29 heavy (non-hydrogen) atoms. The van der Waals surface area contributed by atoms with Crippen molar-refractivity contribution in [3.05, 3.63) is 39.7 Å². The van der Waals surface area contributed by atoms with Gasteiger partial charge in [0.05, 0.1) is 12.3 Å². The molecule has 1 aromatic carbocycles. The fourth-order valence-electron chi connectivity index (χ4n) is 5.04. The van der Waals surface area contributed by atoms with Gasteiger partial charge in [-0.2, -0.15) is 0 Å². The van der Waals surface area contributed by atoms with E-state index in [1.165, 1.54) is 6.42 Å². The number of carboxylic acids is 1. The fourth-order valence-corrected chi connectivity index (χ4v) is 5.04. The molecule has 8 heteroatoms. The van der Waals surface area contributed by atoms with Crippen LogP contribution in [0.1, 0.15) is 28.8 Å². The molecule has 1 saturated carbocycles. The van der Waals surface area contributed by atoms with Crippen LogP contribution in [0.4, 0.5) is 5.69 Å². The summed E-state index contributed by atoms with van der Waals surface area (Å²) in [6, 6.07) is 6.12. The van der Waals surface area contributed by atoms with E-state index in [0.717, 1.165) is 31.1 Å². The van der Waals surface area contributed by atoms with E-state index < -0.39 is 22.8 Å². The lowest BCUT2D eigenvalue weighted by Gasteiger charge is -2.21. The van der Waals surface area contributed by atoms with Crippen molar-refractivity contribution in [2.75, 3.05) is 25.0 Å². The second kappa shape index (κ2) is 6.81. The van der Waals surface area contributed by atoms with E-state index in [2.05, 4.69) is 15.6 Å². The Morgan fingerprint density at radius 3 is 2.93 bits per heavy atom. The first-order chi connectivity index (χ1) is 14.0. The maximum absolute atomic E-state index is 12.2. The number of fused-ring (bicyclic) bond motifs is 4. The largest absolute Gasteiger partial charge is 0.506 e. The van der Waals surface area contributed by atoms with Gasteiger partial charge in [-0.05, 0) is 43.4 Å². The molecule has 2 aliphatic heterocycles. The maximum atomic E-state index is 12.2. The van der Waals surface area contributed by atoms with Gasteiger partial charge in [-0.1, -0.05) is 0 Å². The highest BCUT2D eigenvalue weighted by Gasteiger charge is 2.39. The number of rotatable bonds is 3. The lowest BCUT2D eigenvalue weighted by Crippen LogP contribution is -2.28. The molecule has 1 aromatic heterocycles. The molecule has 3 heterocycles. The third kappa shape index (κ3) is 2.95. The quantitative estimate of drug-likeness (QED) is 0.535. The number of aromatic amines is 1. The van der Waals surface area contributed by atoms with E-state index in [1.807, 2.05) is 18.2 Å². The number of nitrogens with one attached hydrogen (secondary N) is 3. The Balaban J connectivity index is 1.50. The summed E-state index contributed by atoms with van der Waals surface area (Å²) in [7, 11) is 0. The number of carboxylic acid groups (broad SMARTS) is 1. The third-order valence-electron chi connectivity index (χ3n) is 6.47. The van der Waals surface area contributed by atoms with Crippen LogP contribution in [0.2, 0.25) is 0 Å². The number of pyridine rings is 1. The van der Waals surface area contributed by atoms with Crippen molar-refractivity contribution in [3.63, 3.8) is 0 Å². The van der Waals surface area contributed by atoms with Crippen molar-refractivity contribution in [2.45, 2.75) is 25.3 Å². The first-order valence-electron chi connectivity index (χ1n) is 9.99. The summed E-state index contributed by atoms with van der Waals surface area (Å²) in [5.41, 5.74) is 0.938. The summed E-state index contributed by atoms with van der Waals surface area (Å²) in [4.78, 5) is 26.2. The number of ether oxygens (including phenoxy) is 1. The van der Waals surface area contributed by atoms with Crippen LogP contribution in [0, 0.1) is 11.8 Å². The Morgan fingerprint density at radius 1 is 1.24 bits per heavy atom. The highest BCUT2D eigenvalue weighted by atomic mass is 16.5. The molecule has 5 N–H and O–H groups in total. The molecular weight excluding hydrogens is 374 g/mol. The average Bonchev–Trinajstić information content (AvgIpc) is 3.23. The minimum absolute atomic E-state index is 0.278. The monoisotopic (exact) mass is 397 g/mol. The van der Waals surface area contributed by atoms with Crippen LogP contribution in [-0.2, 0) is 6.42 Å². The molecule has 152 valence electrons. The minimum atomic E-state index is -1.45. The van der Waals surface area contributed by atoms with Crippen molar-refractivity contribution in [1.82, 2.24) is 10.3 Å². The van der Waals surface area contributed by atoms with Crippen LogP contribution >= 0.6 is 0 Å². The van der Waals surface area contributed by atoms with Gasteiger partial charge in [-0.3, -0.25) is 4.79 Å². The van der Waals surface area contributed by atoms with Crippen molar-refractivity contribution < 1.29 is 19.7 Å². The van der Waals surface area contributed by atoms with Gasteiger partial charge in [0, 0.05) is 41.9 Å². The van der Waals surface area contributed by atoms with Gasteiger partial charge in [0.25, 0.3) is 5.56 Å². The number of aromatic hydroxyl groups is 1. The topological polar surface area (TPSA) is 124 Å². The van der Waals surface area contributed by atoms with Gasteiger partial charge in [0.1, 0.15) is 11.5 Å². The molecule has 2 aromatic rings. The molecule has 0 radical (unpaired) electrons. The van der Waals surface area contributed by atoms with Crippen LogP contribution in [-0.4, -0.2) is 46.9 Å². The molecule has 1 aliphatic carbocycles. The zero-order valence-corrected chi connectivity index (χ0v) is 15.8. The van der Waals surface area contributed by atoms with Crippen LogP contribution in [0.25, 0.3) is 11.3 Å². The normalized spacial score (nSPS) is 24.8. The number of H-pyrrole nitrogens is 1. The number of carbonyl (C=O) groups is 1. The van der Waals surface area contributed by atoms with E-state index in [4.69, 9.17) is 4.74 Å². The molecule has 0 spiro atoms. The van der Waals surface area contributed by atoms with Crippen LogP contribution in [0.5, 0.6) is 11.5 Å². The second-order valence-electron chi connectivity index (χ2n) is 8.06. The van der Waals surface area contributed by atoms with Crippen molar-refractivity contribution in [2.24, 2.45) is 11.8 Å². The number of aromatic carboxylic acids is 1. The van der Waals surface area contributed by atoms with Crippen molar-refractivity contribution in [3.8, 4) is 22.8 Å². The lowest BCUT2D eigenvalue weighted by molar-refractivity contribution is 0.0691. The summed E-state index contributed by atoms with van der Waals surface area (Å²) in [6.07, 6.45) is 2.68. The first kappa shape index (κ1) is 18.1. The molecule has 1 unspecified atom stereocenters. The highest BCUT2D eigenvalue weighted by Crippen LogP contribution is 2.40. The van der Waals surface area contributed by atoms with Gasteiger partial charge in [0.2, 0.25) is 0 Å². The highest BCUT2D eigenvalue weighted by molar-refractivity contribution is 5.92. The van der Waals surface area contributed by atoms with E-state index in [9.17, 15) is 19.8 Å². The molecule has 0 bridgehead atoms. The second-order valence-corrected chi connectivity index (χ2v) is 8.06. The van der Waals surface area contributed by atoms with E-state index in [0.29, 0.717) is 41.0 Å². The van der Waals surface area contributed by atoms with Gasteiger partial charge in [0.15, 0.2) is 5.56 Å². The predicted molar refractivity (Wildman–Crippen MR) is 107 cm³/mol. The maximum Gasteiger partial charge on any atom is 0.345 e. The SMILES string of the molecule is O=C(O)c1c(O)c2c([nH]c1=O)-c1ccc(NC3CC[C@@H]4CNC[C@H]34)cc1OCC2. The Morgan fingerprint density at radius 2 is 2.10 bits per heavy atom. The first-order valence-corrected chi connectivity index (χ1v) is 9.99. The standard InChI is InChI=1S/C21H23N3O5/c25-19-13-5-6-29-16-7-11(23-15-4-1-10-8-22-9-14(10)15)2-3-12(16)18(13)24-20(26)17(19)21(27)28/h2-3,7,10,14-15,22-23H,1,4-6,8-9H2,(H,27,28)(H2,24,25,26)/t10-,14+,15?/m1/s1. The summed E-state index contributed by atoms with van der Waals surface area (Å²) in [5.74, 6) is 0.0467. The predicted octanol–water partition coefficient (Wildman–Crippen LogP) is 1.79. The van der Waals surface area contributed by atoms with Gasteiger partial charge in [-0.15, -0.1) is 0 Å². The molecule has 3 aliphatic rings. The summed E-state index contributed by atoms with van der Waals surface area (Å²) in [6.45, 7) is 2.42. The summed E-state index contributed by atoms with van der Waals surface area (Å²) in [5, 5.41) is 26.7. The van der Waals surface area contributed by atoms with Gasteiger partial charge >= 0.3 is 5.97 Å². The molecule has 8 nitrogen and oxygen atoms in total. The zero-order valence-electron chi connectivity index (χ0n) is 15.8. The average molecular weight is 397 g/mol. The Bertz CT molecular complexity index is 1050. The number of aromatic nitrogens is 1. The number of hydrogen-bond acceptors (Lipinski definition) is 6. The minimum Gasteiger partial charge on any atom is -0.506 e. The van der Waals surface area contributed by atoms with E-state index in [-0.39, 0.29) is 6.61 Å².